The van der Waals surface area contributed by atoms with Crippen molar-refractivity contribution in [1.29, 1.82) is 0 Å². The van der Waals surface area contributed by atoms with Gasteiger partial charge >= 0.3 is 0 Å². The number of aromatic nitrogens is 1. The van der Waals surface area contributed by atoms with E-state index in [0.717, 1.165) is 16.5 Å². The van der Waals surface area contributed by atoms with Gasteiger partial charge in [0.15, 0.2) is 0 Å². The Labute approximate surface area is 175 Å². The number of sulfonamides is 1. The Balaban J connectivity index is 1.62. The van der Waals surface area contributed by atoms with Gasteiger partial charge in [0.1, 0.15) is 10.7 Å². The van der Waals surface area contributed by atoms with Crippen molar-refractivity contribution in [1.82, 2.24) is 14.6 Å². The van der Waals surface area contributed by atoms with Gasteiger partial charge in [0, 0.05) is 37.3 Å². The van der Waals surface area contributed by atoms with Gasteiger partial charge in [-0.1, -0.05) is 24.3 Å². The summed E-state index contributed by atoms with van der Waals surface area (Å²) in [6, 6.07) is 13.0. The first-order valence-electron chi connectivity index (χ1n) is 9.86. The quantitative estimate of drug-likeness (QED) is 0.652. The number of rotatable bonds is 6. The molecule has 1 aliphatic heterocycles. The molecule has 6 nitrogen and oxygen atoms in total. The van der Waals surface area contributed by atoms with Crippen molar-refractivity contribution in [3.05, 3.63) is 71.7 Å². The Bertz CT molecular complexity index is 1130. The summed E-state index contributed by atoms with van der Waals surface area (Å²) in [5.74, 6) is -0.322. The highest BCUT2D eigenvalue weighted by atomic mass is 32.2. The minimum absolute atomic E-state index is 0.153. The lowest BCUT2D eigenvalue weighted by atomic mass is 10.0. The fourth-order valence-corrected chi connectivity index (χ4v) is 4.97. The van der Waals surface area contributed by atoms with Crippen LogP contribution in [0.2, 0.25) is 0 Å². The van der Waals surface area contributed by atoms with Crippen molar-refractivity contribution < 1.29 is 17.5 Å². The Morgan fingerprint density at radius 1 is 1.17 bits per heavy atom. The maximum atomic E-state index is 13.4. The van der Waals surface area contributed by atoms with E-state index in [1.807, 2.05) is 19.1 Å². The molecular weight excluding hydrogens is 405 g/mol. The summed E-state index contributed by atoms with van der Waals surface area (Å²) in [6.45, 7) is 4.60. The molecule has 1 unspecified atom stereocenters. The Morgan fingerprint density at radius 2 is 1.90 bits per heavy atom. The fraction of sp³-hybridized carbons (Fsp3) is 0.318. The summed E-state index contributed by atoms with van der Waals surface area (Å²) in [5, 5.41) is 0.779. The first-order chi connectivity index (χ1) is 14.4. The molecule has 0 spiro atoms. The highest BCUT2D eigenvalue weighted by Crippen LogP contribution is 2.25. The van der Waals surface area contributed by atoms with Gasteiger partial charge in [-0.3, -0.25) is 9.88 Å². The second-order valence-electron chi connectivity index (χ2n) is 7.41. The zero-order valence-corrected chi connectivity index (χ0v) is 17.5. The molecule has 8 heteroatoms. The number of hydrogen-bond acceptors (Lipinski definition) is 5. The molecule has 0 saturated carbocycles. The molecule has 0 aliphatic carbocycles. The van der Waals surface area contributed by atoms with Crippen LogP contribution in [0.15, 0.2) is 59.6 Å². The van der Waals surface area contributed by atoms with Gasteiger partial charge < -0.3 is 4.74 Å². The average Bonchev–Trinajstić information content (AvgIpc) is 2.75. The van der Waals surface area contributed by atoms with Crippen molar-refractivity contribution in [3.63, 3.8) is 0 Å². The molecule has 1 aromatic heterocycles. The minimum atomic E-state index is -3.79. The predicted octanol–water partition coefficient (Wildman–Crippen LogP) is 3.03. The zero-order valence-electron chi connectivity index (χ0n) is 16.7. The maximum Gasteiger partial charge on any atom is 0.242 e. The Hall–Kier alpha value is -2.39. The second-order valence-corrected chi connectivity index (χ2v) is 9.14. The molecule has 0 radical (unpaired) electrons. The van der Waals surface area contributed by atoms with Gasteiger partial charge in [0.2, 0.25) is 10.0 Å². The molecule has 158 valence electrons. The van der Waals surface area contributed by atoms with Gasteiger partial charge in [-0.15, -0.1) is 0 Å². The second kappa shape index (κ2) is 8.77. The van der Waals surface area contributed by atoms with Gasteiger partial charge in [-0.05, 0) is 42.3 Å². The zero-order chi connectivity index (χ0) is 21.1. The number of fused-ring (bicyclic) bond motifs is 1. The van der Waals surface area contributed by atoms with E-state index in [1.54, 1.807) is 30.5 Å². The summed E-state index contributed by atoms with van der Waals surface area (Å²) in [5.41, 5.74) is 2.27. The topological polar surface area (TPSA) is 71.5 Å². The number of morpholine rings is 1. The minimum Gasteiger partial charge on any atom is -0.379 e. The molecule has 1 fully saturated rings. The Kier molecular flexibility index (Phi) is 6.10. The van der Waals surface area contributed by atoms with E-state index in [1.165, 1.54) is 12.1 Å². The predicted molar refractivity (Wildman–Crippen MR) is 113 cm³/mol. The third-order valence-electron chi connectivity index (χ3n) is 5.31. The molecule has 0 bridgehead atoms. The maximum absolute atomic E-state index is 13.4. The molecule has 2 aromatic carbocycles. The molecule has 1 atom stereocenters. The molecule has 1 saturated heterocycles. The summed E-state index contributed by atoms with van der Waals surface area (Å²) in [6.07, 6.45) is 1.66. The van der Waals surface area contributed by atoms with E-state index in [4.69, 9.17) is 4.74 Å². The van der Waals surface area contributed by atoms with Crippen LogP contribution in [0.3, 0.4) is 0 Å². The number of pyridine rings is 1. The highest BCUT2D eigenvalue weighted by molar-refractivity contribution is 7.89. The lowest BCUT2D eigenvalue weighted by Gasteiger charge is -2.34. The highest BCUT2D eigenvalue weighted by Gasteiger charge is 2.26. The van der Waals surface area contributed by atoms with Gasteiger partial charge in [-0.25, -0.2) is 17.5 Å². The molecule has 0 amide bonds. The van der Waals surface area contributed by atoms with E-state index in [9.17, 15) is 12.8 Å². The van der Waals surface area contributed by atoms with Gasteiger partial charge in [0.05, 0.1) is 18.7 Å². The third-order valence-corrected chi connectivity index (χ3v) is 6.76. The van der Waals surface area contributed by atoms with Crippen molar-refractivity contribution in [2.75, 3.05) is 32.8 Å². The van der Waals surface area contributed by atoms with Crippen LogP contribution in [0.5, 0.6) is 0 Å². The van der Waals surface area contributed by atoms with E-state index < -0.39 is 10.0 Å². The van der Waals surface area contributed by atoms with E-state index in [0.29, 0.717) is 31.8 Å². The van der Waals surface area contributed by atoms with Crippen LogP contribution in [0.25, 0.3) is 10.9 Å². The van der Waals surface area contributed by atoms with Crippen LogP contribution < -0.4 is 4.72 Å². The first kappa shape index (κ1) is 20.9. The molecule has 1 N–H and O–H groups in total. The fourth-order valence-electron chi connectivity index (χ4n) is 3.76. The molecule has 2 heterocycles. The number of nitrogens with one attached hydrogen (secondary N) is 1. The number of benzene rings is 2. The molecule has 30 heavy (non-hydrogen) atoms. The van der Waals surface area contributed by atoms with Crippen LogP contribution in [0.4, 0.5) is 4.39 Å². The summed E-state index contributed by atoms with van der Waals surface area (Å²) >= 11 is 0. The van der Waals surface area contributed by atoms with Crippen molar-refractivity contribution in [2.24, 2.45) is 0 Å². The Morgan fingerprint density at radius 3 is 2.63 bits per heavy atom. The summed E-state index contributed by atoms with van der Waals surface area (Å²) in [4.78, 5) is 6.65. The summed E-state index contributed by atoms with van der Waals surface area (Å²) < 4.78 is 47.9. The number of halogens is 1. The number of aryl methyl sites for hydroxylation is 1. The number of para-hydroxylation sites is 1. The molecule has 3 aromatic rings. The first-order valence-corrected chi connectivity index (χ1v) is 11.3. The summed E-state index contributed by atoms with van der Waals surface area (Å²) in [7, 11) is -3.79. The van der Waals surface area contributed by atoms with E-state index in [-0.39, 0.29) is 23.3 Å². The van der Waals surface area contributed by atoms with Gasteiger partial charge in [-0.2, -0.15) is 0 Å². The monoisotopic (exact) mass is 429 g/mol. The lowest BCUT2D eigenvalue weighted by molar-refractivity contribution is 0.0172. The van der Waals surface area contributed by atoms with E-state index >= 15 is 0 Å². The van der Waals surface area contributed by atoms with Gasteiger partial charge in [0.25, 0.3) is 0 Å². The normalized spacial score (nSPS) is 16.6. The van der Waals surface area contributed by atoms with Crippen molar-refractivity contribution >= 4 is 20.9 Å². The number of hydrogen-bond donors (Lipinski definition) is 1. The average molecular weight is 430 g/mol. The lowest BCUT2D eigenvalue weighted by Crippen LogP contribution is -2.43. The smallest absolute Gasteiger partial charge is 0.242 e. The van der Waals surface area contributed by atoms with Crippen LogP contribution in [0.1, 0.15) is 17.2 Å². The van der Waals surface area contributed by atoms with Crippen molar-refractivity contribution in [3.8, 4) is 0 Å². The standard InChI is InChI=1S/C22H24FN3O3S/c1-16-13-18-3-2-4-21(22(18)24-14-16)30(27,28)25-15-20(26-9-11-29-12-10-26)17-5-7-19(23)8-6-17/h2-8,13-14,20,25H,9-12,15H2,1H3. The van der Waals surface area contributed by atoms with Crippen LogP contribution in [-0.2, 0) is 14.8 Å². The van der Waals surface area contributed by atoms with Crippen LogP contribution >= 0.6 is 0 Å². The number of ether oxygens (including phenoxy) is 1. The number of nitrogens with zero attached hydrogens (tertiary/aromatic N) is 2. The van der Waals surface area contributed by atoms with Crippen molar-refractivity contribution in [2.45, 2.75) is 17.9 Å². The molecule has 4 rings (SSSR count). The molecular formula is C22H24FN3O3S. The van der Waals surface area contributed by atoms with Crippen LogP contribution in [-0.4, -0.2) is 51.1 Å². The largest absolute Gasteiger partial charge is 0.379 e. The SMILES string of the molecule is Cc1cnc2c(S(=O)(=O)NCC(c3ccc(F)cc3)N3CCOCC3)cccc2c1. The third kappa shape index (κ3) is 4.52. The molecule has 1 aliphatic rings. The van der Waals surface area contributed by atoms with E-state index in [2.05, 4.69) is 14.6 Å². The van der Waals surface area contributed by atoms with Crippen LogP contribution in [0, 0.1) is 12.7 Å².